The summed E-state index contributed by atoms with van der Waals surface area (Å²) in [7, 11) is 0. The second-order valence-corrected chi connectivity index (χ2v) is 9.52. The molecule has 102 valence electrons. The molecule has 0 N–H and O–H groups in total. The van der Waals surface area contributed by atoms with Crippen molar-refractivity contribution in [2.45, 2.75) is 17.8 Å². The van der Waals surface area contributed by atoms with Crippen LogP contribution in [0.1, 0.15) is 0 Å². The average Bonchev–Trinajstić information content (AvgIpc) is 2.13. The molecule has 0 bridgehead atoms. The van der Waals surface area contributed by atoms with Crippen LogP contribution in [0.5, 0.6) is 0 Å². The van der Waals surface area contributed by atoms with Crippen LogP contribution in [0.25, 0.3) is 0 Å². The van der Waals surface area contributed by atoms with Gasteiger partial charge in [-0.3, -0.25) is 0 Å². The number of halogens is 11. The van der Waals surface area contributed by atoms with Gasteiger partial charge >= 0.3 is 0 Å². The van der Waals surface area contributed by atoms with Gasteiger partial charge < -0.3 is 0 Å². The predicted molar refractivity (Wildman–Crippen MR) is 83.4 cm³/mol. The highest BCUT2D eigenvalue weighted by molar-refractivity contribution is 6.75. The summed E-state index contributed by atoms with van der Waals surface area (Å²) >= 11 is 62.4. The van der Waals surface area contributed by atoms with E-state index in [9.17, 15) is 0 Å². The smallest absolute Gasteiger partial charge is 0.115 e. The summed E-state index contributed by atoms with van der Waals surface area (Å²) in [5.74, 6) is 0. The Morgan fingerprint density at radius 1 is 0.765 bits per heavy atom. The molecule has 0 fully saturated rings. The minimum atomic E-state index is -2.17. The van der Waals surface area contributed by atoms with Crippen LogP contribution in [-0.4, -0.2) is 17.8 Å². The molecule has 0 saturated heterocycles. The van der Waals surface area contributed by atoms with Gasteiger partial charge in [0.15, 0.2) is 8.67 Å². The van der Waals surface area contributed by atoms with Crippen LogP contribution < -0.4 is 0 Å². The highest BCUT2D eigenvalue weighted by Gasteiger charge is 2.60. The van der Waals surface area contributed by atoms with Crippen molar-refractivity contribution < 1.29 is 0 Å². The lowest BCUT2D eigenvalue weighted by atomic mass is 10.2. The van der Waals surface area contributed by atoms with E-state index in [0.717, 1.165) is 0 Å². The third-order valence-corrected chi connectivity index (χ3v) is 6.94. The molecule has 17 heavy (non-hydrogen) atoms. The monoisotopic (exact) mass is 458 g/mol. The van der Waals surface area contributed by atoms with E-state index < -0.39 is 27.4 Å². The lowest BCUT2D eigenvalue weighted by Crippen LogP contribution is -2.49. The van der Waals surface area contributed by atoms with E-state index in [4.69, 9.17) is 128 Å². The van der Waals surface area contributed by atoms with Crippen molar-refractivity contribution in [3.63, 3.8) is 0 Å². The minimum absolute atomic E-state index is 0.449. The Labute approximate surface area is 153 Å². The van der Waals surface area contributed by atoms with E-state index in [1.54, 1.807) is 0 Å². The zero-order valence-electron chi connectivity index (χ0n) is 7.23. The fraction of sp³-hybridized carbons (Fsp3) is 0.667. The molecule has 0 aromatic carbocycles. The van der Waals surface area contributed by atoms with Gasteiger partial charge in [-0.15, -0.1) is 11.6 Å². The van der Waals surface area contributed by atoms with Crippen LogP contribution in [0.3, 0.4) is 0 Å². The van der Waals surface area contributed by atoms with Gasteiger partial charge in [0.1, 0.15) is 9.87 Å². The molecule has 0 spiro atoms. The Bertz CT molecular complexity index is 306. The van der Waals surface area contributed by atoms with Gasteiger partial charge in [-0.2, -0.15) is 0 Å². The second-order valence-electron chi connectivity index (χ2n) is 2.68. The predicted octanol–water partition coefficient (Wildman–Crippen LogP) is 7.20. The third kappa shape index (κ3) is 4.71. The number of rotatable bonds is 3. The van der Waals surface area contributed by atoms with Crippen LogP contribution in [-0.2, 0) is 0 Å². The van der Waals surface area contributed by atoms with Crippen molar-refractivity contribution in [3.05, 3.63) is 9.52 Å². The Kier molecular flexibility index (Phi) is 7.96. The largest absolute Gasteiger partial charge is 0.209 e. The summed E-state index contributed by atoms with van der Waals surface area (Å²) in [6.07, 6.45) is 0. The average molecular weight is 463 g/mol. The molecule has 0 amide bonds. The lowest BCUT2D eigenvalue weighted by molar-refractivity contribution is 0.687. The first-order chi connectivity index (χ1) is 7.26. The first-order valence-electron chi connectivity index (χ1n) is 3.44. The van der Waals surface area contributed by atoms with Gasteiger partial charge in [-0.05, 0) is 0 Å². The lowest BCUT2D eigenvalue weighted by Gasteiger charge is -2.38. The summed E-state index contributed by atoms with van der Waals surface area (Å²) in [6.45, 7) is 0. The number of hydrogen-bond donors (Lipinski definition) is 0. The fourth-order valence-corrected chi connectivity index (χ4v) is 3.38. The molecule has 1 atom stereocenters. The Morgan fingerprint density at radius 2 is 1.12 bits per heavy atom. The fourth-order valence-electron chi connectivity index (χ4n) is 0.630. The molecule has 0 nitrogen and oxygen atoms in total. The van der Waals surface area contributed by atoms with Gasteiger partial charge in [0.05, 0.1) is 5.03 Å². The molecule has 11 heteroatoms. The van der Waals surface area contributed by atoms with Gasteiger partial charge in [0.2, 0.25) is 3.79 Å². The molecule has 0 aromatic rings. The van der Waals surface area contributed by atoms with Crippen molar-refractivity contribution in [2.24, 2.45) is 0 Å². The Hall–Kier alpha value is 2.93. The topological polar surface area (TPSA) is 0 Å². The van der Waals surface area contributed by atoms with Crippen LogP contribution in [0.2, 0.25) is 0 Å². The first kappa shape index (κ1) is 19.9. The summed E-state index contributed by atoms with van der Waals surface area (Å²) in [4.78, 5) is 0. The summed E-state index contributed by atoms with van der Waals surface area (Å²) in [6, 6.07) is 0. The third-order valence-electron chi connectivity index (χ3n) is 1.47. The molecular formula is C6HCl11. The maximum Gasteiger partial charge on any atom is 0.209 e. The molecule has 0 aliphatic rings. The standard InChI is InChI=1S/C6HCl11/c7-1(2(8)9)4(11,12)5(13,14)3(10)6(15,16)17/h3H. The number of alkyl halides is 8. The van der Waals surface area contributed by atoms with Crippen LogP contribution in [0, 0.1) is 0 Å². The van der Waals surface area contributed by atoms with Gasteiger partial charge in [0, 0.05) is 0 Å². The zero-order chi connectivity index (χ0) is 14.2. The molecule has 0 aliphatic heterocycles. The van der Waals surface area contributed by atoms with E-state index in [0.29, 0.717) is 0 Å². The van der Waals surface area contributed by atoms with E-state index in [2.05, 4.69) is 0 Å². The Balaban J connectivity index is 5.54. The van der Waals surface area contributed by atoms with Gasteiger partial charge in [-0.25, -0.2) is 0 Å². The Morgan fingerprint density at radius 3 is 1.35 bits per heavy atom. The van der Waals surface area contributed by atoms with Crippen molar-refractivity contribution in [3.8, 4) is 0 Å². The molecule has 1 unspecified atom stereocenters. The first-order valence-corrected chi connectivity index (χ1v) is 7.65. The normalized spacial score (nSPS) is 15.7. The number of allylic oxidation sites excluding steroid dienone is 1. The summed E-state index contributed by atoms with van der Waals surface area (Å²) in [5, 5.41) is -1.95. The summed E-state index contributed by atoms with van der Waals surface area (Å²) < 4.78 is -6.84. The van der Waals surface area contributed by atoms with Crippen LogP contribution in [0.4, 0.5) is 0 Å². The van der Waals surface area contributed by atoms with E-state index in [-0.39, 0.29) is 0 Å². The van der Waals surface area contributed by atoms with Crippen molar-refractivity contribution in [2.75, 3.05) is 0 Å². The molecule has 0 aliphatic carbocycles. The number of hydrogen-bond acceptors (Lipinski definition) is 0. The maximum atomic E-state index is 5.88. The molecular weight excluding hydrogens is 462 g/mol. The maximum absolute atomic E-state index is 5.88. The van der Waals surface area contributed by atoms with Crippen LogP contribution >= 0.6 is 128 Å². The van der Waals surface area contributed by atoms with Crippen molar-refractivity contribution >= 4 is 128 Å². The van der Waals surface area contributed by atoms with Gasteiger partial charge in [0.25, 0.3) is 0 Å². The van der Waals surface area contributed by atoms with Crippen LogP contribution in [0.15, 0.2) is 9.52 Å². The van der Waals surface area contributed by atoms with Crippen molar-refractivity contribution in [1.29, 1.82) is 0 Å². The van der Waals surface area contributed by atoms with Crippen molar-refractivity contribution in [1.82, 2.24) is 0 Å². The zero-order valence-corrected chi connectivity index (χ0v) is 15.6. The molecule has 0 rings (SSSR count). The highest BCUT2D eigenvalue weighted by Crippen LogP contribution is 2.57. The molecule has 0 radical (unpaired) electrons. The van der Waals surface area contributed by atoms with E-state index >= 15 is 0 Å². The molecule has 0 aromatic heterocycles. The van der Waals surface area contributed by atoms with E-state index in [1.165, 1.54) is 0 Å². The summed E-state index contributed by atoms with van der Waals surface area (Å²) in [5.41, 5.74) is 0. The van der Waals surface area contributed by atoms with Gasteiger partial charge in [-0.1, -0.05) is 116 Å². The quantitative estimate of drug-likeness (QED) is 0.389. The minimum Gasteiger partial charge on any atom is -0.115 e. The second kappa shape index (κ2) is 6.79. The van der Waals surface area contributed by atoms with E-state index in [1.807, 2.05) is 0 Å². The molecule has 0 heterocycles. The highest BCUT2D eigenvalue weighted by atomic mass is 35.6. The SMILES string of the molecule is ClC(Cl)=C(Cl)C(Cl)(Cl)C(Cl)(Cl)C(Cl)C(Cl)(Cl)Cl. The molecule has 0 saturated carbocycles.